The van der Waals surface area contributed by atoms with E-state index in [1.807, 2.05) is 0 Å². The molecule has 0 aromatic heterocycles. The van der Waals surface area contributed by atoms with E-state index >= 15 is 0 Å². The summed E-state index contributed by atoms with van der Waals surface area (Å²) < 4.78 is 0. The standard InChI is InChI=1S/C61H55N/c1-36-27-48-49-28-37(2)46(33-55(49)60(7,8)54(48)32-45(36)40-25-26-44-43-23-17-18-24-52(43)59(5,6)53(44)31-40)47-34-56-50(29-38(47)3)51-30-39(4)58(35-57(51)61(56,9)10)62(41-19-13-11-14-20-41)42-21-15-12-16-22-42/h11-35H,1-10H3. The molecule has 0 saturated carbocycles. The van der Waals surface area contributed by atoms with Gasteiger partial charge in [-0.05, 0) is 200 Å². The van der Waals surface area contributed by atoms with E-state index in [0.717, 1.165) is 11.4 Å². The lowest BCUT2D eigenvalue weighted by Gasteiger charge is -2.29. The van der Waals surface area contributed by atoms with Crippen LogP contribution in [0.15, 0.2) is 152 Å². The highest BCUT2D eigenvalue weighted by molar-refractivity contribution is 5.93. The van der Waals surface area contributed by atoms with E-state index in [-0.39, 0.29) is 16.2 Å². The third kappa shape index (κ3) is 5.40. The number of benzene rings is 8. The van der Waals surface area contributed by atoms with Gasteiger partial charge in [-0.3, -0.25) is 0 Å². The van der Waals surface area contributed by atoms with Crippen LogP contribution in [0.5, 0.6) is 0 Å². The first kappa shape index (κ1) is 38.5. The summed E-state index contributed by atoms with van der Waals surface area (Å²) in [5, 5.41) is 0. The number of rotatable bonds is 5. The average molecular weight is 802 g/mol. The maximum absolute atomic E-state index is 2.54. The second-order valence-electron chi connectivity index (χ2n) is 20.0. The lowest BCUT2D eigenvalue weighted by Crippen LogP contribution is -2.17. The molecule has 0 spiro atoms. The molecule has 0 fully saturated rings. The van der Waals surface area contributed by atoms with Gasteiger partial charge in [0.2, 0.25) is 0 Å². The van der Waals surface area contributed by atoms with Gasteiger partial charge in [-0.2, -0.15) is 0 Å². The molecule has 1 nitrogen and oxygen atoms in total. The molecule has 304 valence electrons. The lowest BCUT2D eigenvalue weighted by molar-refractivity contribution is 0.659. The Morgan fingerprint density at radius 2 is 0.677 bits per heavy atom. The highest BCUT2D eigenvalue weighted by Crippen LogP contribution is 2.56. The topological polar surface area (TPSA) is 3.24 Å². The summed E-state index contributed by atoms with van der Waals surface area (Å²) in [5.41, 5.74) is 30.4. The Bertz CT molecular complexity index is 3140. The summed E-state index contributed by atoms with van der Waals surface area (Å²) in [6.45, 7) is 23.7. The van der Waals surface area contributed by atoms with E-state index < -0.39 is 0 Å². The van der Waals surface area contributed by atoms with Crippen molar-refractivity contribution in [3.63, 3.8) is 0 Å². The quantitative estimate of drug-likeness (QED) is 0.168. The normalized spacial score (nSPS) is 15.3. The highest BCUT2D eigenvalue weighted by atomic mass is 15.1. The first-order chi connectivity index (χ1) is 29.7. The van der Waals surface area contributed by atoms with Crippen LogP contribution in [0.4, 0.5) is 17.1 Å². The molecule has 0 radical (unpaired) electrons. The third-order valence-electron chi connectivity index (χ3n) is 15.2. The van der Waals surface area contributed by atoms with Crippen molar-refractivity contribution in [3.8, 4) is 55.6 Å². The molecule has 0 bridgehead atoms. The molecule has 11 rings (SSSR count). The molecule has 62 heavy (non-hydrogen) atoms. The number of anilines is 3. The zero-order valence-electron chi connectivity index (χ0n) is 37.9. The predicted octanol–water partition coefficient (Wildman–Crippen LogP) is 16.6. The molecule has 0 N–H and O–H groups in total. The number of nitrogens with zero attached hydrogens (tertiary/aromatic N) is 1. The smallest absolute Gasteiger partial charge is 0.0494 e. The van der Waals surface area contributed by atoms with Crippen molar-refractivity contribution in [3.05, 3.63) is 207 Å². The fourth-order valence-corrected chi connectivity index (χ4v) is 11.7. The van der Waals surface area contributed by atoms with Gasteiger partial charge in [-0.25, -0.2) is 0 Å². The summed E-state index contributed by atoms with van der Waals surface area (Å²) in [4.78, 5) is 2.41. The first-order valence-electron chi connectivity index (χ1n) is 22.4. The second-order valence-corrected chi connectivity index (χ2v) is 20.0. The van der Waals surface area contributed by atoms with Crippen LogP contribution in [0.25, 0.3) is 55.6 Å². The van der Waals surface area contributed by atoms with Gasteiger partial charge in [0.1, 0.15) is 0 Å². The van der Waals surface area contributed by atoms with Gasteiger partial charge in [-0.1, -0.05) is 133 Å². The van der Waals surface area contributed by atoms with E-state index in [4.69, 9.17) is 0 Å². The minimum absolute atomic E-state index is 0.0302. The molecule has 0 unspecified atom stereocenters. The molecule has 1 heteroatoms. The van der Waals surface area contributed by atoms with Crippen molar-refractivity contribution in [2.75, 3.05) is 4.90 Å². The predicted molar refractivity (Wildman–Crippen MR) is 264 cm³/mol. The minimum Gasteiger partial charge on any atom is -0.310 e. The van der Waals surface area contributed by atoms with E-state index in [1.165, 1.54) is 117 Å². The molecular formula is C61H55N. The van der Waals surface area contributed by atoms with Gasteiger partial charge in [-0.15, -0.1) is 0 Å². The van der Waals surface area contributed by atoms with Crippen LogP contribution in [0.3, 0.4) is 0 Å². The minimum atomic E-state index is -0.182. The summed E-state index contributed by atoms with van der Waals surface area (Å²) in [5.74, 6) is 0. The Morgan fingerprint density at radius 1 is 0.290 bits per heavy atom. The van der Waals surface area contributed by atoms with Crippen molar-refractivity contribution >= 4 is 17.1 Å². The van der Waals surface area contributed by atoms with Gasteiger partial charge in [0.15, 0.2) is 0 Å². The van der Waals surface area contributed by atoms with E-state index in [0.29, 0.717) is 0 Å². The van der Waals surface area contributed by atoms with Crippen molar-refractivity contribution in [2.24, 2.45) is 0 Å². The van der Waals surface area contributed by atoms with Gasteiger partial charge in [0, 0.05) is 33.3 Å². The number of hydrogen-bond donors (Lipinski definition) is 0. The van der Waals surface area contributed by atoms with E-state index in [1.54, 1.807) is 0 Å². The van der Waals surface area contributed by atoms with Crippen LogP contribution in [0.1, 0.15) is 97.2 Å². The Labute approximate surface area is 368 Å². The van der Waals surface area contributed by atoms with Gasteiger partial charge in [0.25, 0.3) is 0 Å². The van der Waals surface area contributed by atoms with Crippen molar-refractivity contribution in [1.29, 1.82) is 0 Å². The molecule has 8 aromatic carbocycles. The first-order valence-corrected chi connectivity index (χ1v) is 22.4. The molecule has 0 aliphatic heterocycles. The summed E-state index contributed by atoms with van der Waals surface area (Å²) in [6, 6.07) is 57.6. The van der Waals surface area contributed by atoms with Gasteiger partial charge in [0.05, 0.1) is 0 Å². The van der Waals surface area contributed by atoms with Crippen LogP contribution < -0.4 is 4.90 Å². The molecule has 8 aromatic rings. The maximum Gasteiger partial charge on any atom is 0.0494 e. The lowest BCUT2D eigenvalue weighted by atomic mass is 9.78. The monoisotopic (exact) mass is 801 g/mol. The summed E-state index contributed by atoms with van der Waals surface area (Å²) >= 11 is 0. The maximum atomic E-state index is 2.54. The van der Waals surface area contributed by atoms with E-state index in [2.05, 4.69) is 226 Å². The molecule has 0 atom stereocenters. The van der Waals surface area contributed by atoms with Crippen LogP contribution in [-0.4, -0.2) is 0 Å². The molecule has 3 aliphatic rings. The highest BCUT2D eigenvalue weighted by Gasteiger charge is 2.40. The molecule has 0 saturated heterocycles. The number of fused-ring (bicyclic) bond motifs is 9. The van der Waals surface area contributed by atoms with Crippen molar-refractivity contribution in [2.45, 2.75) is 85.5 Å². The Balaban J connectivity index is 0.981. The van der Waals surface area contributed by atoms with Crippen LogP contribution >= 0.6 is 0 Å². The Hall–Kier alpha value is -6.44. The molecule has 0 amide bonds. The van der Waals surface area contributed by atoms with Gasteiger partial charge < -0.3 is 4.90 Å². The Kier molecular flexibility index (Phi) is 8.24. The molecular weight excluding hydrogens is 747 g/mol. The largest absolute Gasteiger partial charge is 0.310 e. The zero-order valence-corrected chi connectivity index (χ0v) is 37.9. The summed E-state index contributed by atoms with van der Waals surface area (Å²) in [6.07, 6.45) is 0. The van der Waals surface area contributed by atoms with Crippen LogP contribution in [-0.2, 0) is 16.2 Å². The van der Waals surface area contributed by atoms with Crippen molar-refractivity contribution in [1.82, 2.24) is 0 Å². The Morgan fingerprint density at radius 3 is 1.21 bits per heavy atom. The van der Waals surface area contributed by atoms with Crippen LogP contribution in [0.2, 0.25) is 0 Å². The van der Waals surface area contributed by atoms with Crippen LogP contribution in [0, 0.1) is 27.7 Å². The fraction of sp³-hybridized carbons (Fsp3) is 0.213. The second kappa shape index (κ2) is 13.3. The van der Waals surface area contributed by atoms with Crippen molar-refractivity contribution < 1.29 is 0 Å². The molecule has 0 heterocycles. The van der Waals surface area contributed by atoms with E-state index in [9.17, 15) is 0 Å². The van der Waals surface area contributed by atoms with Gasteiger partial charge >= 0.3 is 0 Å². The fourth-order valence-electron chi connectivity index (χ4n) is 11.7. The zero-order chi connectivity index (χ0) is 43.0. The number of hydrogen-bond acceptors (Lipinski definition) is 1. The third-order valence-corrected chi connectivity index (χ3v) is 15.2. The summed E-state index contributed by atoms with van der Waals surface area (Å²) in [7, 11) is 0. The number of para-hydroxylation sites is 2. The SMILES string of the molecule is Cc1cc2c(cc1-c1ccc3c(c1)C(C)(C)c1ccccc1-3)C(C)(C)c1cc(-c3cc4c(cc3C)-c3cc(C)c(N(c5ccccc5)c5ccccc5)cc3C4(C)C)c(C)cc1-2. The number of aryl methyl sites for hydroxylation is 4. The molecule has 3 aliphatic carbocycles. The average Bonchev–Trinajstić information content (AvgIpc) is 3.71.